The highest BCUT2D eigenvalue weighted by Crippen LogP contribution is 2.26. The number of hydrogen-bond donors (Lipinski definition) is 1. The van der Waals surface area contributed by atoms with E-state index in [4.69, 9.17) is 10.5 Å². The molecular weight excluding hydrogens is 304 g/mol. The van der Waals surface area contributed by atoms with Crippen molar-refractivity contribution in [2.24, 2.45) is 5.73 Å². The zero-order valence-corrected chi connectivity index (χ0v) is 12.6. The van der Waals surface area contributed by atoms with Crippen molar-refractivity contribution >= 4 is 15.9 Å². The second-order valence-corrected chi connectivity index (χ2v) is 5.61. The second-order valence-electron chi connectivity index (χ2n) is 4.70. The third-order valence-corrected chi connectivity index (χ3v) is 3.20. The van der Waals surface area contributed by atoms with Crippen LogP contribution in [0.15, 0.2) is 41.0 Å². The minimum absolute atomic E-state index is 0.141. The molecule has 2 aromatic rings. The highest BCUT2D eigenvalue weighted by Gasteiger charge is 2.04. The van der Waals surface area contributed by atoms with Gasteiger partial charge >= 0.3 is 0 Å². The summed E-state index contributed by atoms with van der Waals surface area (Å²) in [6.45, 7) is 3.99. The predicted molar refractivity (Wildman–Crippen MR) is 80.5 cm³/mol. The molecule has 3 nitrogen and oxygen atoms in total. The van der Waals surface area contributed by atoms with E-state index in [1.54, 1.807) is 0 Å². The third kappa shape index (κ3) is 4.04. The average molecular weight is 321 g/mol. The van der Waals surface area contributed by atoms with Crippen LogP contribution in [-0.4, -0.2) is 11.0 Å². The fraction of sp³-hybridized carbons (Fsp3) is 0.267. The van der Waals surface area contributed by atoms with Crippen LogP contribution in [0.5, 0.6) is 11.6 Å². The Morgan fingerprint density at radius 2 is 2.11 bits per heavy atom. The molecule has 1 heterocycles. The van der Waals surface area contributed by atoms with E-state index in [1.807, 2.05) is 50.4 Å². The van der Waals surface area contributed by atoms with E-state index in [9.17, 15) is 0 Å². The summed E-state index contributed by atoms with van der Waals surface area (Å²) in [5.41, 5.74) is 7.94. The van der Waals surface area contributed by atoms with Gasteiger partial charge in [0.05, 0.1) is 0 Å². The van der Waals surface area contributed by atoms with Gasteiger partial charge in [-0.15, -0.1) is 0 Å². The van der Waals surface area contributed by atoms with Crippen LogP contribution in [0.3, 0.4) is 0 Å². The van der Waals surface area contributed by atoms with Crippen molar-refractivity contribution in [2.45, 2.75) is 26.3 Å². The van der Waals surface area contributed by atoms with Gasteiger partial charge in [0.25, 0.3) is 0 Å². The summed E-state index contributed by atoms with van der Waals surface area (Å²) >= 11 is 3.43. The predicted octanol–water partition coefficient (Wildman–Crippen LogP) is 3.83. The molecule has 1 atom stereocenters. The Morgan fingerprint density at radius 1 is 1.32 bits per heavy atom. The molecule has 0 bridgehead atoms. The molecule has 100 valence electrons. The number of benzene rings is 1. The van der Waals surface area contributed by atoms with Crippen LogP contribution in [-0.2, 0) is 6.42 Å². The summed E-state index contributed by atoms with van der Waals surface area (Å²) < 4.78 is 6.80. The Labute approximate surface area is 121 Å². The fourth-order valence-corrected chi connectivity index (χ4v) is 2.28. The lowest BCUT2D eigenvalue weighted by atomic mass is 10.1. The van der Waals surface area contributed by atoms with Crippen molar-refractivity contribution in [1.82, 2.24) is 4.98 Å². The Morgan fingerprint density at radius 3 is 2.68 bits per heavy atom. The molecule has 0 aliphatic heterocycles. The maximum absolute atomic E-state index is 5.76. The monoisotopic (exact) mass is 320 g/mol. The van der Waals surface area contributed by atoms with Crippen LogP contribution < -0.4 is 10.5 Å². The van der Waals surface area contributed by atoms with Crippen molar-refractivity contribution in [3.8, 4) is 11.6 Å². The van der Waals surface area contributed by atoms with Gasteiger partial charge in [0, 0.05) is 22.8 Å². The van der Waals surface area contributed by atoms with E-state index in [2.05, 4.69) is 20.9 Å². The lowest BCUT2D eigenvalue weighted by molar-refractivity contribution is 0.459. The molecule has 0 amide bonds. The molecule has 4 heteroatoms. The van der Waals surface area contributed by atoms with Crippen LogP contribution in [0, 0.1) is 6.92 Å². The second kappa shape index (κ2) is 6.17. The molecule has 0 radical (unpaired) electrons. The lowest BCUT2D eigenvalue weighted by Gasteiger charge is -2.09. The summed E-state index contributed by atoms with van der Waals surface area (Å²) in [5.74, 6) is 1.41. The molecule has 0 aliphatic carbocycles. The quantitative estimate of drug-likeness (QED) is 0.931. The topological polar surface area (TPSA) is 48.1 Å². The number of nitrogens with two attached hydrogens (primary N) is 1. The number of nitrogens with zero attached hydrogens (tertiary/aromatic N) is 1. The summed E-state index contributed by atoms with van der Waals surface area (Å²) in [5, 5.41) is 0. The Bertz CT molecular complexity index is 553. The highest BCUT2D eigenvalue weighted by atomic mass is 79.9. The molecule has 0 aliphatic rings. The number of ether oxygens (including phenoxy) is 1. The number of rotatable bonds is 4. The standard InChI is InChI=1S/C15H17BrN2O/c1-10-7-13(16)4-5-14(10)19-15-6-3-12(9-18-15)8-11(2)17/h3-7,9,11H,8,17H2,1-2H3. The molecular formula is C15H17BrN2O. The molecule has 1 aromatic heterocycles. The smallest absolute Gasteiger partial charge is 0.219 e. The zero-order chi connectivity index (χ0) is 13.8. The minimum Gasteiger partial charge on any atom is -0.439 e. The molecule has 1 aromatic carbocycles. The summed E-state index contributed by atoms with van der Waals surface area (Å²) in [6.07, 6.45) is 2.64. The van der Waals surface area contributed by atoms with Crippen molar-refractivity contribution in [1.29, 1.82) is 0 Å². The van der Waals surface area contributed by atoms with Crippen LogP contribution in [0.2, 0.25) is 0 Å². The first-order valence-electron chi connectivity index (χ1n) is 6.19. The first kappa shape index (κ1) is 14.0. The lowest BCUT2D eigenvalue weighted by Crippen LogP contribution is -2.17. The molecule has 0 saturated carbocycles. The summed E-state index contributed by atoms with van der Waals surface area (Å²) in [4.78, 5) is 4.30. The van der Waals surface area contributed by atoms with Crippen LogP contribution >= 0.6 is 15.9 Å². The Kier molecular flexibility index (Phi) is 4.56. The first-order valence-corrected chi connectivity index (χ1v) is 6.98. The normalized spacial score (nSPS) is 12.2. The summed E-state index contributed by atoms with van der Waals surface area (Å²) in [6, 6.07) is 9.91. The van der Waals surface area contributed by atoms with E-state index < -0.39 is 0 Å². The highest BCUT2D eigenvalue weighted by molar-refractivity contribution is 9.10. The van der Waals surface area contributed by atoms with Crippen molar-refractivity contribution in [3.05, 3.63) is 52.1 Å². The van der Waals surface area contributed by atoms with Crippen LogP contribution in [0.4, 0.5) is 0 Å². The molecule has 1 unspecified atom stereocenters. The van der Waals surface area contributed by atoms with E-state index in [1.165, 1.54) is 0 Å². The van der Waals surface area contributed by atoms with Crippen LogP contribution in [0.1, 0.15) is 18.1 Å². The van der Waals surface area contributed by atoms with Gasteiger partial charge in [0.15, 0.2) is 0 Å². The number of aromatic nitrogens is 1. The maximum atomic E-state index is 5.76. The van der Waals surface area contributed by atoms with E-state index in [0.717, 1.165) is 27.8 Å². The Hall–Kier alpha value is -1.39. The zero-order valence-electron chi connectivity index (χ0n) is 11.1. The fourth-order valence-electron chi connectivity index (χ4n) is 1.80. The summed E-state index contributed by atoms with van der Waals surface area (Å²) in [7, 11) is 0. The van der Waals surface area contributed by atoms with Crippen molar-refractivity contribution < 1.29 is 4.74 Å². The molecule has 2 rings (SSSR count). The minimum atomic E-state index is 0.141. The maximum Gasteiger partial charge on any atom is 0.219 e. The van der Waals surface area contributed by atoms with Gasteiger partial charge in [-0.1, -0.05) is 22.0 Å². The SMILES string of the molecule is Cc1cc(Br)ccc1Oc1ccc(CC(C)N)cn1. The van der Waals surface area contributed by atoms with E-state index >= 15 is 0 Å². The van der Waals surface area contributed by atoms with Gasteiger partial charge in [-0.25, -0.2) is 4.98 Å². The number of halogens is 1. The van der Waals surface area contributed by atoms with E-state index in [-0.39, 0.29) is 6.04 Å². The number of hydrogen-bond acceptors (Lipinski definition) is 3. The van der Waals surface area contributed by atoms with Gasteiger partial charge in [-0.3, -0.25) is 0 Å². The largest absolute Gasteiger partial charge is 0.439 e. The van der Waals surface area contributed by atoms with Gasteiger partial charge in [0.2, 0.25) is 5.88 Å². The van der Waals surface area contributed by atoms with Gasteiger partial charge < -0.3 is 10.5 Å². The number of pyridine rings is 1. The molecule has 0 saturated heterocycles. The Balaban J connectivity index is 2.10. The van der Waals surface area contributed by atoms with Crippen molar-refractivity contribution in [2.75, 3.05) is 0 Å². The first-order chi connectivity index (χ1) is 9.04. The van der Waals surface area contributed by atoms with Gasteiger partial charge in [0.1, 0.15) is 5.75 Å². The van der Waals surface area contributed by atoms with Crippen LogP contribution in [0.25, 0.3) is 0 Å². The molecule has 2 N–H and O–H groups in total. The van der Waals surface area contributed by atoms with Crippen molar-refractivity contribution in [3.63, 3.8) is 0 Å². The van der Waals surface area contributed by atoms with E-state index in [0.29, 0.717) is 5.88 Å². The molecule has 0 fully saturated rings. The average Bonchev–Trinajstić information content (AvgIpc) is 2.34. The molecule has 0 spiro atoms. The van der Waals surface area contributed by atoms with Gasteiger partial charge in [-0.2, -0.15) is 0 Å². The molecule has 19 heavy (non-hydrogen) atoms. The number of aryl methyl sites for hydroxylation is 1. The van der Waals surface area contributed by atoms with Gasteiger partial charge in [-0.05, 0) is 49.6 Å². The third-order valence-electron chi connectivity index (χ3n) is 2.71.